The number of thiophene rings is 1. The van der Waals surface area contributed by atoms with Crippen LogP contribution in [0.5, 0.6) is 0 Å². The molecule has 0 saturated carbocycles. The highest BCUT2D eigenvalue weighted by Crippen LogP contribution is 2.31. The van der Waals surface area contributed by atoms with Crippen LogP contribution in [0, 0.1) is 18.6 Å². The molecule has 2 amide bonds. The van der Waals surface area contributed by atoms with Gasteiger partial charge < -0.3 is 11.1 Å². The van der Waals surface area contributed by atoms with Crippen molar-refractivity contribution in [3.63, 3.8) is 0 Å². The minimum atomic E-state index is -0.921. The molecule has 0 aliphatic rings. The van der Waals surface area contributed by atoms with E-state index < -0.39 is 17.6 Å². The first kappa shape index (κ1) is 18.8. The van der Waals surface area contributed by atoms with Crippen LogP contribution in [0.25, 0.3) is 15.9 Å². The molecule has 9 heteroatoms. The Labute approximate surface area is 167 Å². The SMILES string of the molecule is Cc1nn(-c2ccc(F)cc2)c2sc(C(=O)Nc3ccc(F)c(C(N)=O)c3)cc12. The third-order valence-electron chi connectivity index (χ3n) is 4.33. The van der Waals surface area contributed by atoms with Crippen LogP contribution >= 0.6 is 11.3 Å². The first-order chi connectivity index (χ1) is 13.8. The zero-order chi connectivity index (χ0) is 20.7. The maximum Gasteiger partial charge on any atom is 0.265 e. The molecule has 146 valence electrons. The van der Waals surface area contributed by atoms with E-state index in [0.29, 0.717) is 10.6 Å². The zero-order valence-corrected chi connectivity index (χ0v) is 15.9. The number of hydrogen-bond donors (Lipinski definition) is 2. The number of anilines is 1. The van der Waals surface area contributed by atoms with Crippen LogP contribution in [0.4, 0.5) is 14.5 Å². The van der Waals surface area contributed by atoms with E-state index in [1.54, 1.807) is 22.9 Å². The number of nitrogens with two attached hydrogens (primary N) is 1. The van der Waals surface area contributed by atoms with Crippen molar-refractivity contribution in [1.29, 1.82) is 0 Å². The molecule has 2 aromatic carbocycles. The highest BCUT2D eigenvalue weighted by atomic mass is 32.1. The quantitative estimate of drug-likeness (QED) is 0.530. The maximum atomic E-state index is 13.6. The number of nitrogens with zero attached hydrogens (tertiary/aromatic N) is 2. The zero-order valence-electron chi connectivity index (χ0n) is 15.1. The van der Waals surface area contributed by atoms with Gasteiger partial charge in [0.05, 0.1) is 21.8 Å². The van der Waals surface area contributed by atoms with E-state index in [-0.39, 0.29) is 17.1 Å². The van der Waals surface area contributed by atoms with Gasteiger partial charge in [0.1, 0.15) is 16.5 Å². The van der Waals surface area contributed by atoms with Crippen molar-refractivity contribution < 1.29 is 18.4 Å². The molecule has 4 rings (SSSR count). The number of rotatable bonds is 4. The molecule has 0 aliphatic carbocycles. The average Bonchev–Trinajstić information content (AvgIpc) is 3.25. The minimum absolute atomic E-state index is 0.250. The smallest absolute Gasteiger partial charge is 0.265 e. The van der Waals surface area contributed by atoms with Gasteiger partial charge in [-0.3, -0.25) is 9.59 Å². The molecule has 0 atom stereocenters. The number of benzene rings is 2. The monoisotopic (exact) mass is 412 g/mol. The van der Waals surface area contributed by atoms with Crippen LogP contribution in [0.3, 0.4) is 0 Å². The molecular formula is C20H14F2N4O2S. The first-order valence-electron chi connectivity index (χ1n) is 8.49. The Kier molecular flexibility index (Phi) is 4.59. The van der Waals surface area contributed by atoms with Crippen molar-refractivity contribution in [2.75, 3.05) is 5.32 Å². The number of amides is 2. The molecule has 6 nitrogen and oxygen atoms in total. The van der Waals surface area contributed by atoms with Crippen LogP contribution in [0.1, 0.15) is 25.7 Å². The van der Waals surface area contributed by atoms with Crippen LogP contribution < -0.4 is 11.1 Å². The number of carbonyl (C=O) groups is 2. The minimum Gasteiger partial charge on any atom is -0.366 e. The second-order valence-corrected chi connectivity index (χ2v) is 7.35. The van der Waals surface area contributed by atoms with Gasteiger partial charge >= 0.3 is 0 Å². The number of nitrogens with one attached hydrogen (secondary N) is 1. The fourth-order valence-electron chi connectivity index (χ4n) is 2.90. The Hall–Kier alpha value is -3.59. The molecule has 0 aliphatic heterocycles. The summed E-state index contributed by atoms with van der Waals surface area (Å²) in [6.45, 7) is 1.82. The summed E-state index contributed by atoms with van der Waals surface area (Å²) < 4.78 is 28.5. The van der Waals surface area contributed by atoms with Gasteiger partial charge in [-0.2, -0.15) is 5.10 Å². The van der Waals surface area contributed by atoms with Crippen LogP contribution in [-0.4, -0.2) is 21.6 Å². The summed E-state index contributed by atoms with van der Waals surface area (Å²) in [5.74, 6) is -2.45. The van der Waals surface area contributed by atoms with Gasteiger partial charge in [0.25, 0.3) is 11.8 Å². The fraction of sp³-hybridized carbons (Fsp3) is 0.0500. The molecule has 29 heavy (non-hydrogen) atoms. The Morgan fingerprint density at radius 1 is 1.10 bits per heavy atom. The van der Waals surface area contributed by atoms with E-state index in [0.717, 1.165) is 22.0 Å². The lowest BCUT2D eigenvalue weighted by Crippen LogP contribution is -2.15. The van der Waals surface area contributed by atoms with Crippen molar-refractivity contribution in [2.45, 2.75) is 6.92 Å². The number of aryl methyl sites for hydroxylation is 1. The standard InChI is InChI=1S/C20H14F2N4O2S/c1-10-14-9-17(19(28)24-12-4-7-16(22)15(8-12)18(23)27)29-20(14)26(25-10)13-5-2-11(21)3-6-13/h2-9H,1H3,(H2,23,27)(H,24,28). The normalized spacial score (nSPS) is 11.0. The lowest BCUT2D eigenvalue weighted by Gasteiger charge is -2.06. The summed E-state index contributed by atoms with van der Waals surface area (Å²) in [5.41, 5.74) is 6.47. The van der Waals surface area contributed by atoms with E-state index in [1.807, 2.05) is 6.92 Å². The maximum absolute atomic E-state index is 13.6. The summed E-state index contributed by atoms with van der Waals surface area (Å²) >= 11 is 1.21. The van der Waals surface area contributed by atoms with Crippen molar-refractivity contribution in [3.05, 3.63) is 76.3 Å². The predicted molar refractivity (Wildman–Crippen MR) is 107 cm³/mol. The van der Waals surface area contributed by atoms with Gasteiger partial charge in [0, 0.05) is 11.1 Å². The van der Waals surface area contributed by atoms with Gasteiger partial charge in [-0.1, -0.05) is 0 Å². The second kappa shape index (κ2) is 7.10. The number of aromatic nitrogens is 2. The summed E-state index contributed by atoms with van der Waals surface area (Å²) in [6, 6.07) is 11.2. The van der Waals surface area contributed by atoms with Gasteiger partial charge in [-0.05, 0) is 55.5 Å². The molecule has 3 N–H and O–H groups in total. The molecule has 0 radical (unpaired) electrons. The lowest BCUT2D eigenvalue weighted by molar-refractivity contribution is 0.0993. The lowest BCUT2D eigenvalue weighted by atomic mass is 10.1. The van der Waals surface area contributed by atoms with E-state index in [9.17, 15) is 18.4 Å². The topological polar surface area (TPSA) is 90.0 Å². The molecule has 0 unspecified atom stereocenters. The highest BCUT2D eigenvalue weighted by molar-refractivity contribution is 7.20. The Balaban J connectivity index is 1.67. The summed E-state index contributed by atoms with van der Waals surface area (Å²) in [7, 11) is 0. The number of hydrogen-bond acceptors (Lipinski definition) is 4. The summed E-state index contributed by atoms with van der Waals surface area (Å²) in [4.78, 5) is 25.1. The van der Waals surface area contributed by atoms with E-state index in [4.69, 9.17) is 5.73 Å². The number of fused-ring (bicyclic) bond motifs is 1. The average molecular weight is 412 g/mol. The van der Waals surface area contributed by atoms with Crippen LogP contribution in [0.2, 0.25) is 0 Å². The van der Waals surface area contributed by atoms with Crippen molar-refractivity contribution in [3.8, 4) is 5.69 Å². The summed E-state index contributed by atoms with van der Waals surface area (Å²) in [5, 5.41) is 7.88. The van der Waals surface area contributed by atoms with Gasteiger partial charge in [-0.15, -0.1) is 11.3 Å². The second-order valence-electron chi connectivity index (χ2n) is 6.32. The largest absolute Gasteiger partial charge is 0.366 e. The molecule has 0 bridgehead atoms. The predicted octanol–water partition coefficient (Wildman–Crippen LogP) is 4.02. The fourth-order valence-corrected chi connectivity index (χ4v) is 3.98. The molecule has 0 fully saturated rings. The highest BCUT2D eigenvalue weighted by Gasteiger charge is 2.18. The van der Waals surface area contributed by atoms with E-state index in [2.05, 4.69) is 10.4 Å². The molecule has 2 aromatic heterocycles. The van der Waals surface area contributed by atoms with Crippen LogP contribution in [-0.2, 0) is 0 Å². The molecule has 0 spiro atoms. The number of halogens is 2. The molecule has 2 heterocycles. The van der Waals surface area contributed by atoms with E-state index >= 15 is 0 Å². The van der Waals surface area contributed by atoms with Gasteiger partial charge in [0.2, 0.25) is 0 Å². The first-order valence-corrected chi connectivity index (χ1v) is 9.31. The number of carbonyl (C=O) groups excluding carboxylic acids is 2. The van der Waals surface area contributed by atoms with Crippen molar-refractivity contribution >= 4 is 39.1 Å². The van der Waals surface area contributed by atoms with Crippen LogP contribution in [0.15, 0.2) is 48.5 Å². The van der Waals surface area contributed by atoms with E-state index in [1.165, 1.54) is 35.6 Å². The Bertz CT molecular complexity index is 1260. The molecule has 0 saturated heterocycles. The number of primary amides is 1. The molecular weight excluding hydrogens is 398 g/mol. The Morgan fingerprint density at radius 2 is 1.83 bits per heavy atom. The molecule has 4 aromatic rings. The van der Waals surface area contributed by atoms with Gasteiger partial charge in [-0.25, -0.2) is 13.5 Å². The Morgan fingerprint density at radius 3 is 2.52 bits per heavy atom. The third kappa shape index (κ3) is 3.47. The van der Waals surface area contributed by atoms with Crippen molar-refractivity contribution in [2.24, 2.45) is 5.73 Å². The summed E-state index contributed by atoms with van der Waals surface area (Å²) in [6.07, 6.45) is 0. The van der Waals surface area contributed by atoms with Gasteiger partial charge in [0.15, 0.2) is 0 Å². The third-order valence-corrected chi connectivity index (χ3v) is 5.44. The van der Waals surface area contributed by atoms with Crippen molar-refractivity contribution in [1.82, 2.24) is 9.78 Å².